The van der Waals surface area contributed by atoms with Gasteiger partial charge in [0, 0.05) is 0 Å². The zero-order valence-electron chi connectivity index (χ0n) is 6.93. The molecule has 0 atom stereocenters. The van der Waals surface area contributed by atoms with E-state index >= 15 is 0 Å². The van der Waals surface area contributed by atoms with E-state index in [9.17, 15) is 0 Å². The molecule has 0 fully saturated rings. The van der Waals surface area contributed by atoms with Gasteiger partial charge < -0.3 is 0 Å². The highest BCUT2D eigenvalue weighted by Crippen LogP contribution is 2.30. The molecule has 0 aromatic rings. The molecule has 10 heavy (non-hydrogen) atoms. The van der Waals surface area contributed by atoms with Gasteiger partial charge in [-0.2, -0.15) is 23.2 Å². The number of hydrogen-bond donors (Lipinski definition) is 0. The molecule has 0 aliphatic heterocycles. The van der Waals surface area contributed by atoms with Gasteiger partial charge in [-0.1, -0.05) is 27.7 Å². The lowest BCUT2D eigenvalue weighted by Gasteiger charge is -2.10. The first-order valence-electron chi connectivity index (χ1n) is 3.47. The molecule has 60 valence electrons. The minimum atomic E-state index is 0.562. The van der Waals surface area contributed by atoms with Crippen LogP contribution in [0, 0.1) is 0 Å². The van der Waals surface area contributed by atoms with Crippen molar-refractivity contribution in [3.63, 3.8) is 0 Å². The molecule has 0 radical (unpaired) electrons. The Balaban J connectivity index is 3.34. The lowest BCUT2D eigenvalue weighted by atomic mass is 10.6. The topological polar surface area (TPSA) is 0 Å². The minimum Gasteiger partial charge on any atom is -0.180 e. The lowest BCUT2D eigenvalue weighted by Crippen LogP contribution is -2.02. The van der Waals surface area contributed by atoms with Crippen LogP contribution in [-0.4, -0.2) is 14.6 Å². The Morgan fingerprint density at radius 3 is 1.50 bits per heavy atom. The van der Waals surface area contributed by atoms with Gasteiger partial charge in [0.25, 0.3) is 0 Å². The van der Waals surface area contributed by atoms with E-state index < -0.39 is 0 Å². The van der Waals surface area contributed by atoms with Gasteiger partial charge in [-0.25, -0.2) is 0 Å². The maximum atomic E-state index is 3.60. The fraction of sp³-hybridized carbons (Fsp3) is 1.00. The Bertz CT molecular complexity index is 77.8. The summed E-state index contributed by atoms with van der Waals surface area (Å²) in [5.41, 5.74) is 0. The van der Waals surface area contributed by atoms with E-state index in [-0.39, 0.29) is 0 Å². The second-order valence-electron chi connectivity index (χ2n) is 2.64. The summed E-state index contributed by atoms with van der Waals surface area (Å²) in [6.07, 6.45) is 0. The van der Waals surface area contributed by atoms with Crippen LogP contribution in [0.1, 0.15) is 27.7 Å². The Morgan fingerprint density at radius 1 is 1.00 bits per heavy atom. The van der Waals surface area contributed by atoms with E-state index in [0.29, 0.717) is 4.09 Å². The maximum absolute atomic E-state index is 3.60. The monoisotopic (exact) mass is 240 g/mol. The van der Waals surface area contributed by atoms with Crippen LogP contribution in [0.3, 0.4) is 0 Å². The largest absolute Gasteiger partial charge is 0.351 e. The third-order valence-electron chi connectivity index (χ3n) is 0.758. The highest BCUT2D eigenvalue weighted by atomic mass is 79.9. The van der Waals surface area contributed by atoms with Gasteiger partial charge >= 0.3 is 4.09 Å². The van der Waals surface area contributed by atoms with Crippen molar-refractivity contribution in [2.45, 2.75) is 38.2 Å². The molecule has 0 unspecified atom stereocenters. The molecule has 0 aromatic carbocycles. The van der Waals surface area contributed by atoms with Crippen LogP contribution in [-0.2, 0) is 0 Å². The van der Waals surface area contributed by atoms with Gasteiger partial charge in [0.15, 0.2) is 0 Å². The quantitative estimate of drug-likeness (QED) is 0.689. The summed E-state index contributed by atoms with van der Waals surface area (Å²) in [6, 6.07) is 0. The number of hydrogen-bond acceptors (Lipinski definition) is 2. The molecule has 0 saturated carbocycles. The van der Waals surface area contributed by atoms with Crippen molar-refractivity contribution in [1.29, 1.82) is 0 Å². The van der Waals surface area contributed by atoms with E-state index in [2.05, 4.69) is 43.5 Å². The summed E-state index contributed by atoms with van der Waals surface area (Å²) in [4.78, 5) is 0. The normalized spacial score (nSPS) is 11.1. The van der Waals surface area contributed by atoms with Gasteiger partial charge in [-0.05, 0) is 10.5 Å². The predicted octanol–water partition coefficient (Wildman–Crippen LogP) is 3.65. The first-order chi connectivity index (χ1) is 4.52. The summed E-state index contributed by atoms with van der Waals surface area (Å²) in [7, 11) is 0. The van der Waals surface area contributed by atoms with E-state index in [1.807, 2.05) is 23.2 Å². The summed E-state index contributed by atoms with van der Waals surface area (Å²) < 4.78 is 0.562. The van der Waals surface area contributed by atoms with Crippen molar-refractivity contribution < 1.29 is 0 Å². The zero-order valence-corrected chi connectivity index (χ0v) is 10.1. The Kier molecular flexibility index (Phi) is 6.57. The molecule has 0 spiro atoms. The highest BCUT2D eigenvalue weighted by Gasteiger charge is 2.14. The zero-order chi connectivity index (χ0) is 8.15. The van der Waals surface area contributed by atoms with Crippen LogP contribution < -0.4 is 0 Å². The molecule has 4 heteroatoms. The molecule has 0 aromatic heterocycles. The second kappa shape index (κ2) is 5.84. The van der Waals surface area contributed by atoms with E-state index in [1.54, 1.807) is 0 Å². The lowest BCUT2D eigenvalue weighted by molar-refractivity contribution is 1.12. The minimum absolute atomic E-state index is 0.562. The molecule has 0 rings (SSSR count). The standard InChI is InChI=1S/C6H14BBrS2/c1-5(2)9-7(8)10-6(3)4/h5-6H,1-4H3. The Labute approximate surface area is 81.1 Å². The van der Waals surface area contributed by atoms with Gasteiger partial charge in [-0.3, -0.25) is 0 Å². The molecule has 0 aliphatic rings. The Morgan fingerprint density at radius 2 is 1.30 bits per heavy atom. The predicted molar refractivity (Wildman–Crippen MR) is 60.1 cm³/mol. The van der Waals surface area contributed by atoms with Gasteiger partial charge in [0.2, 0.25) is 0 Å². The van der Waals surface area contributed by atoms with Crippen LogP contribution in [0.2, 0.25) is 0 Å². The number of rotatable bonds is 4. The van der Waals surface area contributed by atoms with Crippen LogP contribution >= 0.6 is 39.0 Å². The second-order valence-corrected chi connectivity index (χ2v) is 8.44. The first kappa shape index (κ1) is 11.2. The summed E-state index contributed by atoms with van der Waals surface area (Å²) in [5, 5.41) is 1.44. The third-order valence-corrected chi connectivity index (χ3v) is 4.24. The fourth-order valence-corrected chi connectivity index (χ4v) is 5.50. The molecule has 0 nitrogen and oxygen atoms in total. The van der Waals surface area contributed by atoms with E-state index in [1.165, 1.54) is 0 Å². The molecular formula is C6H14BBrS2. The molecule has 0 aliphatic carbocycles. The third kappa shape index (κ3) is 7.35. The van der Waals surface area contributed by atoms with Crippen molar-refractivity contribution in [2.24, 2.45) is 0 Å². The fourth-order valence-electron chi connectivity index (χ4n) is 0.460. The average molecular weight is 241 g/mol. The smallest absolute Gasteiger partial charge is 0.180 e. The van der Waals surface area contributed by atoms with Gasteiger partial charge in [0.1, 0.15) is 0 Å². The van der Waals surface area contributed by atoms with Crippen molar-refractivity contribution in [2.75, 3.05) is 0 Å². The van der Waals surface area contributed by atoms with Crippen LogP contribution in [0.5, 0.6) is 0 Å². The van der Waals surface area contributed by atoms with Gasteiger partial charge in [-0.15, -0.1) is 15.8 Å². The Hall–Kier alpha value is 1.24. The van der Waals surface area contributed by atoms with Crippen molar-refractivity contribution in [3.05, 3.63) is 0 Å². The van der Waals surface area contributed by atoms with Crippen LogP contribution in [0.25, 0.3) is 0 Å². The van der Waals surface area contributed by atoms with Crippen molar-refractivity contribution in [1.82, 2.24) is 0 Å². The molecule has 0 N–H and O–H groups in total. The molecule has 0 saturated heterocycles. The van der Waals surface area contributed by atoms with Crippen LogP contribution in [0.15, 0.2) is 0 Å². The molecule has 0 amide bonds. The highest BCUT2D eigenvalue weighted by molar-refractivity contribution is 9.35. The molecule has 0 bridgehead atoms. The van der Waals surface area contributed by atoms with Crippen molar-refractivity contribution in [3.8, 4) is 0 Å². The molecular weight excluding hydrogens is 227 g/mol. The summed E-state index contributed by atoms with van der Waals surface area (Å²) in [6.45, 7) is 8.89. The SMILES string of the molecule is CC(C)SB(Br)SC(C)C. The average Bonchev–Trinajstić information content (AvgIpc) is 1.58. The summed E-state index contributed by atoms with van der Waals surface area (Å²) >= 11 is 7.53. The molecule has 0 heterocycles. The van der Waals surface area contributed by atoms with Gasteiger partial charge in [0.05, 0.1) is 0 Å². The first-order valence-corrected chi connectivity index (χ1v) is 6.27. The van der Waals surface area contributed by atoms with E-state index in [4.69, 9.17) is 0 Å². The maximum Gasteiger partial charge on any atom is 0.351 e. The van der Waals surface area contributed by atoms with Crippen LogP contribution in [0.4, 0.5) is 0 Å². The number of halogens is 1. The summed E-state index contributed by atoms with van der Waals surface area (Å²) in [5.74, 6) is 0. The van der Waals surface area contributed by atoms with E-state index in [0.717, 1.165) is 10.5 Å². The van der Waals surface area contributed by atoms with Crippen molar-refractivity contribution >= 4 is 43.1 Å².